The Bertz CT molecular complexity index is 5580. The maximum absolute atomic E-state index is 13.9. The number of carbonyl (C=O) groups excluding carboxylic acids is 2. The van der Waals surface area contributed by atoms with Gasteiger partial charge >= 0.3 is 0 Å². The maximum atomic E-state index is 13.9. The molecule has 24 bridgehead atoms. The normalized spacial score (nSPS) is 12.3. The zero-order chi connectivity index (χ0) is 78.4. The molecule has 28 aromatic carbocycles. The quantitative estimate of drug-likeness (QED) is 0.162. The van der Waals surface area contributed by atoms with Crippen molar-refractivity contribution in [2.24, 2.45) is 0 Å². The summed E-state index contributed by atoms with van der Waals surface area (Å²) in [4.78, 5) is 27.8. The second kappa shape index (κ2) is 27.6. The summed E-state index contributed by atoms with van der Waals surface area (Å²) < 4.78 is 0. The summed E-state index contributed by atoms with van der Waals surface area (Å²) in [5.74, 6) is 0. The second-order valence-corrected chi connectivity index (χ2v) is 36.4. The monoisotopic (exact) mass is 1420 g/mol. The molecule has 0 aliphatic carbocycles. The molecule has 0 aliphatic rings. The van der Waals surface area contributed by atoms with Crippen LogP contribution in [-0.2, 0) is 21.7 Å². The summed E-state index contributed by atoms with van der Waals surface area (Å²) in [7, 11) is 0. The first-order valence-corrected chi connectivity index (χ1v) is 39.1. The van der Waals surface area contributed by atoms with E-state index in [0.717, 1.165) is 100 Å². The van der Waals surface area contributed by atoms with E-state index in [1.54, 1.807) is 0 Å². The average molecular weight is 1420 g/mol. The molecule has 0 heterocycles. The molecule has 108 heavy (non-hydrogen) atoms. The van der Waals surface area contributed by atoms with Crippen molar-refractivity contribution < 1.29 is 9.59 Å². The smallest absolute Gasteiger partial charge is 0.151 e. The molecule has 0 atom stereocenters. The number of aldehydes is 2. The van der Waals surface area contributed by atoms with E-state index in [0.29, 0.717) is 11.1 Å². The van der Waals surface area contributed by atoms with Crippen LogP contribution in [0.15, 0.2) is 158 Å². The number of hydrogen-bond acceptors (Lipinski definition) is 2. The zero-order valence-electron chi connectivity index (χ0n) is 70.0. The predicted molar refractivity (Wildman–Crippen MR) is 477 cm³/mol. The van der Waals surface area contributed by atoms with Gasteiger partial charge in [-0.3, -0.25) is 9.59 Å². The maximum Gasteiger partial charge on any atom is 0.151 e. The minimum Gasteiger partial charge on any atom is -0.298 e. The van der Waals surface area contributed by atoms with E-state index < -0.39 is 0 Å². The van der Waals surface area contributed by atoms with Crippen LogP contribution in [0.1, 0.15) is 215 Å². The SMILES string of the molecule is Cc1cc2cc(C)c1c1cc(C(C)(C)C)cc(c1)c1c(C)c(C)c(c(C)c1C)c1cc(C(C)(C)C)cc(c1)c1c(C)cc(cc1C)c1cccc(c1C=O)c1cc(C)c(c(C)c1)c1cc(C(C)(C)C)cc(c1)c1c(C)c(C)c(c(C)c1C)c1cc(C(C)(C)C)cc(c1)c1c(C)cc(cc1C)c1cccc2c1C=O. The molecule has 0 unspecified atom stereocenters. The van der Waals surface area contributed by atoms with E-state index in [1.807, 2.05) is 0 Å². The van der Waals surface area contributed by atoms with Gasteiger partial charge in [0.15, 0.2) is 12.6 Å². The van der Waals surface area contributed by atoms with E-state index in [4.69, 9.17) is 0 Å². The Labute approximate surface area is 643 Å². The molecule has 0 aromatic heterocycles. The summed E-state index contributed by atoms with van der Waals surface area (Å²) in [6.07, 6.45) is 2.15. The fraction of sp³-hybridized carbons (Fsp3) is 0.302. The Kier molecular flexibility index (Phi) is 19.5. The third-order valence-corrected chi connectivity index (χ3v) is 24.6. The van der Waals surface area contributed by atoms with Gasteiger partial charge in [0.05, 0.1) is 0 Å². The van der Waals surface area contributed by atoms with Crippen LogP contribution in [0.3, 0.4) is 0 Å². The van der Waals surface area contributed by atoms with Gasteiger partial charge in [-0.1, -0.05) is 217 Å². The first kappa shape index (κ1) is 76.2. The highest BCUT2D eigenvalue weighted by atomic mass is 16.1. The molecule has 0 spiro atoms. The van der Waals surface area contributed by atoms with Crippen molar-refractivity contribution in [2.45, 2.75) is 216 Å². The Hall–Kier alpha value is -10.0. The zero-order valence-corrected chi connectivity index (χ0v) is 70.0. The summed E-state index contributed by atoms with van der Waals surface area (Å²) >= 11 is 0. The van der Waals surface area contributed by atoms with Crippen LogP contribution in [0.2, 0.25) is 0 Å². The van der Waals surface area contributed by atoms with Crippen LogP contribution in [0.5, 0.6) is 0 Å². The van der Waals surface area contributed by atoms with Crippen LogP contribution in [-0.4, -0.2) is 12.6 Å². The molecular weight excluding hydrogens is 1310 g/mol. The molecule has 0 N–H and O–H groups in total. The summed E-state index contributed by atoms with van der Waals surface area (Å²) in [6, 6.07) is 60.3. The molecule has 0 amide bonds. The Morgan fingerprint density at radius 1 is 0.194 bits per heavy atom. The van der Waals surface area contributed by atoms with Crippen molar-refractivity contribution in [3.63, 3.8) is 0 Å². The third-order valence-electron chi connectivity index (χ3n) is 24.6. The van der Waals surface area contributed by atoms with Gasteiger partial charge in [-0.25, -0.2) is 0 Å². The fourth-order valence-corrected chi connectivity index (χ4v) is 18.4. The largest absolute Gasteiger partial charge is 0.298 e. The van der Waals surface area contributed by atoms with Gasteiger partial charge in [0.1, 0.15) is 0 Å². The molecule has 28 aromatic rings. The lowest BCUT2D eigenvalue weighted by Gasteiger charge is -2.22. The van der Waals surface area contributed by atoms with Gasteiger partial charge in [0.2, 0.25) is 0 Å². The van der Waals surface area contributed by atoms with E-state index >= 15 is 0 Å². The minimum atomic E-state index is -0.142. The first-order chi connectivity index (χ1) is 50.6. The van der Waals surface area contributed by atoms with Crippen molar-refractivity contribution in [3.05, 3.63) is 280 Å². The lowest BCUT2D eigenvalue weighted by atomic mass is 9.82. The van der Waals surface area contributed by atoms with Gasteiger partial charge in [-0.2, -0.15) is 0 Å². The molecule has 0 aliphatic heterocycles. The minimum absolute atomic E-state index is 0.142. The van der Waals surface area contributed by atoms with Crippen molar-refractivity contribution in [1.82, 2.24) is 0 Å². The number of aryl methyl sites for hydroxylation is 16. The van der Waals surface area contributed by atoms with Crippen LogP contribution >= 0.6 is 0 Å². The van der Waals surface area contributed by atoms with Crippen molar-refractivity contribution >= 4 is 142 Å². The Morgan fingerprint density at radius 3 is 0.481 bits per heavy atom. The van der Waals surface area contributed by atoms with Gasteiger partial charge in [0.25, 0.3) is 0 Å². The second-order valence-electron chi connectivity index (χ2n) is 36.4. The number of hydrogen-bond donors (Lipinski definition) is 0. The molecule has 28 rings (SSSR count). The van der Waals surface area contributed by atoms with E-state index in [-0.39, 0.29) is 21.7 Å². The summed E-state index contributed by atoms with van der Waals surface area (Å²) in [5.41, 5.74) is 25.4. The van der Waals surface area contributed by atoms with Crippen LogP contribution in [0, 0.1) is 111 Å². The highest BCUT2D eigenvalue weighted by Gasteiger charge is 2.24. The lowest BCUT2D eigenvalue weighted by molar-refractivity contribution is 0.111. The molecule has 2 nitrogen and oxygen atoms in total. The van der Waals surface area contributed by atoms with Crippen LogP contribution < -0.4 is 0 Å². The van der Waals surface area contributed by atoms with Gasteiger partial charge in [0, 0.05) is 11.1 Å². The highest BCUT2D eigenvalue weighted by Crippen LogP contribution is 2.44. The topological polar surface area (TPSA) is 34.1 Å². The number of rotatable bonds is 2. The molecule has 548 valence electrons. The molecule has 2 heteroatoms. The standard InChI is InChI=1S/C106H112O2/c1-57-35-73-36-58(2)95(57)77-43-81(51-85(47-77)103(17,18)19)99-65(9)67(11)100(68(12)66(99)10)82-44-79(49-86(52-82)104(20,21)22)97-61(5)39-75(40-62(97)6)91-33-30-34-92(94(91)56-108)76-41-63(7)98(64(8)42-76)80-46-84(54-88(50-80)106(26,27)28)102-71(15)69(13)101(70(14)72(102)16)83-45-78(48-87(53-83)105(23,24)25)96-59(3)37-74(38-60(96)4)90-32-29-31-89(73)93(90)55-107/h29-56H,1-28H3. The van der Waals surface area contributed by atoms with Crippen molar-refractivity contribution in [1.29, 1.82) is 0 Å². The first-order valence-electron chi connectivity index (χ1n) is 39.1. The van der Waals surface area contributed by atoms with Gasteiger partial charge < -0.3 is 0 Å². The molecule has 0 radical (unpaired) electrons. The highest BCUT2D eigenvalue weighted by molar-refractivity contribution is 6.14. The Morgan fingerprint density at radius 2 is 0.343 bits per heavy atom. The van der Waals surface area contributed by atoms with Crippen molar-refractivity contribution in [2.75, 3.05) is 0 Å². The average Bonchev–Trinajstić information content (AvgIpc) is 0.751. The number of benzene rings is 12. The number of carbonyl (C=O) groups is 2. The molecule has 0 saturated heterocycles. The summed E-state index contributed by atoms with van der Waals surface area (Å²) in [6.45, 7) is 64.5. The van der Waals surface area contributed by atoms with Crippen molar-refractivity contribution in [3.8, 4) is 0 Å². The van der Waals surface area contributed by atoms with Crippen LogP contribution in [0.4, 0.5) is 0 Å². The summed E-state index contributed by atoms with van der Waals surface area (Å²) in [5, 5.41) is 27.5. The Balaban J connectivity index is 1.18. The predicted octanol–water partition coefficient (Wildman–Crippen LogP) is 30.3. The molecule has 0 fully saturated rings. The van der Waals surface area contributed by atoms with E-state index in [1.165, 1.54) is 153 Å². The van der Waals surface area contributed by atoms with E-state index in [2.05, 4.69) is 352 Å². The molecular formula is C106H112O2. The van der Waals surface area contributed by atoms with Crippen LogP contribution in [0.25, 0.3) is 129 Å². The fourth-order valence-electron chi connectivity index (χ4n) is 18.4. The van der Waals surface area contributed by atoms with Gasteiger partial charge in [-0.15, -0.1) is 0 Å². The molecule has 0 saturated carbocycles. The van der Waals surface area contributed by atoms with E-state index in [9.17, 15) is 9.59 Å². The lowest BCUT2D eigenvalue weighted by Crippen LogP contribution is -2.11. The van der Waals surface area contributed by atoms with Gasteiger partial charge in [-0.05, 0) is 397 Å². The third kappa shape index (κ3) is 13.4.